The van der Waals surface area contributed by atoms with Gasteiger partial charge in [-0.1, -0.05) is 20.8 Å². The highest BCUT2D eigenvalue weighted by Crippen LogP contribution is 2.17. The molecule has 1 N–H and O–H groups in total. The zero-order chi connectivity index (χ0) is 11.8. The Balaban J connectivity index is 0. The fourth-order valence-corrected chi connectivity index (χ4v) is 0.657. The van der Waals surface area contributed by atoms with Crippen molar-refractivity contribution in [2.45, 2.75) is 41.0 Å². The van der Waals surface area contributed by atoms with Gasteiger partial charge in [0, 0.05) is 6.92 Å². The quantitative estimate of drug-likeness (QED) is 0.699. The van der Waals surface area contributed by atoms with Crippen LogP contribution in [0.15, 0.2) is 0 Å². The molecule has 0 aliphatic rings. The standard InChI is InChI=1S/C6H12O2.C4H8O2/c1-6(2,3)4-5(7)8;1-3-6-4(2)5/h4H2,1-3H3,(H,7,8);3H2,1-2H3. The first-order valence-electron chi connectivity index (χ1n) is 4.54. The molecule has 0 aromatic heterocycles. The Kier molecular flexibility index (Phi) is 8.10. The topological polar surface area (TPSA) is 63.6 Å². The third-order valence-corrected chi connectivity index (χ3v) is 1.03. The molecule has 0 amide bonds. The van der Waals surface area contributed by atoms with Gasteiger partial charge in [0.25, 0.3) is 0 Å². The summed E-state index contributed by atoms with van der Waals surface area (Å²) in [6.07, 6.45) is 0.243. The van der Waals surface area contributed by atoms with E-state index in [-0.39, 0.29) is 17.8 Å². The number of aliphatic carboxylic acids is 1. The predicted molar refractivity (Wildman–Crippen MR) is 54.0 cm³/mol. The Labute approximate surface area is 85.3 Å². The summed E-state index contributed by atoms with van der Waals surface area (Å²) in [5, 5.41) is 8.25. The first kappa shape index (κ1) is 15.4. The van der Waals surface area contributed by atoms with Crippen molar-refractivity contribution in [3.63, 3.8) is 0 Å². The summed E-state index contributed by atoms with van der Waals surface area (Å²) < 4.78 is 4.40. The molecule has 0 aliphatic heterocycles. The second-order valence-corrected chi connectivity index (χ2v) is 4.06. The lowest BCUT2D eigenvalue weighted by molar-refractivity contribution is -0.140. The lowest BCUT2D eigenvalue weighted by Crippen LogP contribution is -2.11. The number of esters is 1. The molecule has 0 atom stereocenters. The smallest absolute Gasteiger partial charge is 0.303 e. The Bertz CT molecular complexity index is 179. The zero-order valence-corrected chi connectivity index (χ0v) is 9.59. The third kappa shape index (κ3) is 22.4. The number of rotatable bonds is 2. The van der Waals surface area contributed by atoms with E-state index in [1.54, 1.807) is 6.92 Å². The van der Waals surface area contributed by atoms with Crippen LogP contribution < -0.4 is 0 Å². The van der Waals surface area contributed by atoms with Crippen LogP contribution in [0.4, 0.5) is 0 Å². The number of hydrogen-bond acceptors (Lipinski definition) is 3. The average molecular weight is 204 g/mol. The number of carbonyl (C=O) groups excluding carboxylic acids is 1. The van der Waals surface area contributed by atoms with Crippen LogP contribution >= 0.6 is 0 Å². The van der Waals surface area contributed by atoms with Crippen molar-refractivity contribution in [1.82, 2.24) is 0 Å². The van der Waals surface area contributed by atoms with Crippen LogP contribution in [-0.2, 0) is 14.3 Å². The van der Waals surface area contributed by atoms with Gasteiger partial charge in [-0.2, -0.15) is 0 Å². The largest absolute Gasteiger partial charge is 0.481 e. The minimum atomic E-state index is -0.725. The van der Waals surface area contributed by atoms with E-state index in [1.165, 1.54) is 6.92 Å². The van der Waals surface area contributed by atoms with Gasteiger partial charge >= 0.3 is 11.9 Å². The van der Waals surface area contributed by atoms with Gasteiger partial charge in [-0.15, -0.1) is 0 Å². The van der Waals surface area contributed by atoms with Crippen LogP contribution in [-0.4, -0.2) is 23.7 Å². The normalized spacial score (nSPS) is 9.79. The molecule has 0 bridgehead atoms. The predicted octanol–water partition coefficient (Wildman–Crippen LogP) is 2.08. The van der Waals surface area contributed by atoms with Crippen LogP contribution in [0.3, 0.4) is 0 Å². The van der Waals surface area contributed by atoms with Crippen molar-refractivity contribution in [2.75, 3.05) is 6.61 Å². The van der Waals surface area contributed by atoms with Crippen molar-refractivity contribution < 1.29 is 19.4 Å². The van der Waals surface area contributed by atoms with Crippen molar-refractivity contribution in [3.8, 4) is 0 Å². The highest BCUT2D eigenvalue weighted by atomic mass is 16.5. The Morgan fingerprint density at radius 2 is 1.71 bits per heavy atom. The molecular weight excluding hydrogens is 184 g/mol. The molecule has 0 aliphatic carbocycles. The third-order valence-electron chi connectivity index (χ3n) is 1.03. The minimum absolute atomic E-state index is 0.0775. The summed E-state index contributed by atoms with van der Waals surface area (Å²) in [5.41, 5.74) is -0.0775. The molecule has 84 valence electrons. The molecule has 4 nitrogen and oxygen atoms in total. The molecule has 0 fully saturated rings. The lowest BCUT2D eigenvalue weighted by Gasteiger charge is -2.13. The van der Waals surface area contributed by atoms with Crippen LogP contribution in [0.2, 0.25) is 0 Å². The summed E-state index contributed by atoms with van der Waals surface area (Å²) in [6, 6.07) is 0. The minimum Gasteiger partial charge on any atom is -0.481 e. The van der Waals surface area contributed by atoms with E-state index in [0.29, 0.717) is 6.61 Å². The Hall–Kier alpha value is -1.06. The van der Waals surface area contributed by atoms with E-state index in [1.807, 2.05) is 20.8 Å². The van der Waals surface area contributed by atoms with E-state index < -0.39 is 5.97 Å². The maximum absolute atomic E-state index is 10.0. The van der Waals surface area contributed by atoms with Crippen molar-refractivity contribution in [3.05, 3.63) is 0 Å². The Morgan fingerprint density at radius 3 is 1.71 bits per heavy atom. The van der Waals surface area contributed by atoms with E-state index in [0.717, 1.165) is 0 Å². The van der Waals surface area contributed by atoms with Crippen LogP contribution in [0.1, 0.15) is 41.0 Å². The summed E-state index contributed by atoms with van der Waals surface area (Å²) in [5.74, 6) is -0.935. The van der Waals surface area contributed by atoms with Crippen molar-refractivity contribution in [1.29, 1.82) is 0 Å². The van der Waals surface area contributed by atoms with E-state index in [9.17, 15) is 9.59 Å². The molecule has 4 heteroatoms. The van der Waals surface area contributed by atoms with Gasteiger partial charge in [0.2, 0.25) is 0 Å². The Morgan fingerprint density at radius 1 is 1.29 bits per heavy atom. The molecule has 0 heterocycles. The molecule has 0 radical (unpaired) electrons. The van der Waals surface area contributed by atoms with Gasteiger partial charge in [0.15, 0.2) is 0 Å². The average Bonchev–Trinajstić information content (AvgIpc) is 1.80. The van der Waals surface area contributed by atoms with Gasteiger partial charge in [-0.25, -0.2) is 0 Å². The maximum atomic E-state index is 10.0. The fourth-order valence-electron chi connectivity index (χ4n) is 0.657. The molecule has 14 heavy (non-hydrogen) atoms. The number of carboxylic acids is 1. The summed E-state index contributed by atoms with van der Waals surface area (Å²) in [6.45, 7) is 9.36. The molecule has 0 saturated heterocycles. The van der Waals surface area contributed by atoms with Gasteiger partial charge in [0.1, 0.15) is 0 Å². The first-order chi connectivity index (χ1) is 6.19. The number of carboxylic acid groups (broad SMARTS) is 1. The highest BCUT2D eigenvalue weighted by molar-refractivity contribution is 5.67. The van der Waals surface area contributed by atoms with Crippen molar-refractivity contribution in [2.24, 2.45) is 5.41 Å². The molecule has 0 aromatic carbocycles. The van der Waals surface area contributed by atoms with Gasteiger partial charge < -0.3 is 9.84 Å². The molecular formula is C10H20O4. The molecule has 0 saturated carbocycles. The number of carbonyl (C=O) groups is 2. The lowest BCUT2D eigenvalue weighted by atomic mass is 9.93. The monoisotopic (exact) mass is 204 g/mol. The number of ether oxygens (including phenoxy) is 1. The van der Waals surface area contributed by atoms with Crippen molar-refractivity contribution >= 4 is 11.9 Å². The van der Waals surface area contributed by atoms with Gasteiger partial charge in [0.05, 0.1) is 13.0 Å². The zero-order valence-electron chi connectivity index (χ0n) is 9.59. The van der Waals surface area contributed by atoms with Gasteiger partial charge in [-0.3, -0.25) is 9.59 Å². The SMILES string of the molecule is CC(C)(C)CC(=O)O.CCOC(C)=O. The van der Waals surface area contributed by atoms with E-state index in [2.05, 4.69) is 4.74 Å². The summed E-state index contributed by atoms with van der Waals surface area (Å²) in [4.78, 5) is 19.8. The molecule has 0 spiro atoms. The number of hydrogen-bond donors (Lipinski definition) is 1. The molecule has 0 aromatic rings. The molecule has 0 unspecified atom stereocenters. The van der Waals surface area contributed by atoms with E-state index >= 15 is 0 Å². The maximum Gasteiger partial charge on any atom is 0.303 e. The second-order valence-electron chi connectivity index (χ2n) is 4.06. The van der Waals surface area contributed by atoms with Crippen LogP contribution in [0.5, 0.6) is 0 Å². The van der Waals surface area contributed by atoms with Crippen LogP contribution in [0.25, 0.3) is 0 Å². The fraction of sp³-hybridized carbons (Fsp3) is 0.800. The summed E-state index contributed by atoms with van der Waals surface area (Å²) in [7, 11) is 0. The summed E-state index contributed by atoms with van der Waals surface area (Å²) >= 11 is 0. The van der Waals surface area contributed by atoms with E-state index in [4.69, 9.17) is 5.11 Å². The molecule has 0 rings (SSSR count). The first-order valence-corrected chi connectivity index (χ1v) is 4.54. The highest BCUT2D eigenvalue weighted by Gasteiger charge is 2.13. The second kappa shape index (κ2) is 7.35. The van der Waals surface area contributed by atoms with Crippen LogP contribution in [0, 0.1) is 5.41 Å². The van der Waals surface area contributed by atoms with Gasteiger partial charge in [-0.05, 0) is 12.3 Å².